The molecule has 1 unspecified atom stereocenters. The number of aryl methyl sites for hydroxylation is 1. The van der Waals surface area contributed by atoms with E-state index in [0.717, 1.165) is 80.9 Å². The maximum absolute atomic E-state index is 13.1. The number of methoxy groups -OCH3 is 1. The number of piperazine rings is 1. The van der Waals surface area contributed by atoms with Crippen molar-refractivity contribution in [1.29, 1.82) is 5.26 Å². The van der Waals surface area contributed by atoms with Crippen molar-refractivity contribution in [3.05, 3.63) is 46.0 Å². The van der Waals surface area contributed by atoms with Gasteiger partial charge in [-0.2, -0.15) is 28.4 Å². The molecule has 48 heavy (non-hydrogen) atoms. The summed E-state index contributed by atoms with van der Waals surface area (Å²) in [5.41, 5.74) is 4.13. The molecular formula is C33H41F3N8O2S2. The molecule has 6 rings (SSSR count). The largest absolute Gasteiger partial charge is 0.467 e. The van der Waals surface area contributed by atoms with E-state index in [4.69, 9.17) is 4.74 Å². The fourth-order valence-electron chi connectivity index (χ4n) is 6.87. The summed E-state index contributed by atoms with van der Waals surface area (Å²) in [6, 6.07) is 10.7. The number of benzene rings is 1. The Hall–Kier alpha value is -3.29. The number of rotatable bonds is 10. The number of alkyl halides is 3. The topological polar surface area (TPSA) is 103 Å². The second-order valence-electron chi connectivity index (χ2n) is 12.7. The van der Waals surface area contributed by atoms with Crippen LogP contribution in [0.2, 0.25) is 0 Å². The van der Waals surface area contributed by atoms with Gasteiger partial charge >= 0.3 is 12.2 Å². The van der Waals surface area contributed by atoms with Crippen LogP contribution in [0.15, 0.2) is 24.3 Å². The van der Waals surface area contributed by atoms with Crippen LogP contribution in [0.3, 0.4) is 0 Å². The summed E-state index contributed by atoms with van der Waals surface area (Å²) in [6.45, 7) is 10.8. The highest BCUT2D eigenvalue weighted by Crippen LogP contribution is 2.35. The number of fused-ring (bicyclic) bond motifs is 2. The summed E-state index contributed by atoms with van der Waals surface area (Å²) in [7, 11) is 0.502. The van der Waals surface area contributed by atoms with E-state index in [1.54, 1.807) is 6.26 Å². The molecule has 0 bridgehead atoms. The molecule has 4 aromatic rings. The molecule has 5 heterocycles. The van der Waals surface area contributed by atoms with Crippen LogP contribution in [0.4, 0.5) is 19.0 Å². The Morgan fingerprint density at radius 3 is 2.50 bits per heavy atom. The first-order valence-corrected chi connectivity index (χ1v) is 18.5. The molecule has 2 aliphatic rings. The Labute approximate surface area is 285 Å². The fourth-order valence-corrected chi connectivity index (χ4v) is 8.60. The van der Waals surface area contributed by atoms with Gasteiger partial charge in [0.25, 0.3) is 0 Å². The first-order valence-electron chi connectivity index (χ1n) is 16.2. The number of halogens is 3. The Morgan fingerprint density at radius 2 is 1.85 bits per heavy atom. The third-order valence-electron chi connectivity index (χ3n) is 9.59. The summed E-state index contributed by atoms with van der Waals surface area (Å²) in [5, 5.41) is 15.2. The minimum Gasteiger partial charge on any atom is -0.467 e. The van der Waals surface area contributed by atoms with E-state index < -0.39 is 23.6 Å². The lowest BCUT2D eigenvalue weighted by atomic mass is 10.0. The second-order valence-corrected chi connectivity index (χ2v) is 15.2. The number of nitrogens with one attached hydrogen (secondary N) is 1. The molecule has 2 fully saturated rings. The third kappa shape index (κ3) is 7.63. The van der Waals surface area contributed by atoms with Gasteiger partial charge in [0.2, 0.25) is 0 Å². The standard InChI is InChI=1S/C33H41F3N8O2S2/c1-21(42-11-13-43(14-12-42)48(4)45)19-44-25(18-37)15-27-22(2)23(5-6-29(27)44)20-41-9-7-24(8-10-41)38-30-28-16-26(17-33(34,35)36)47-31(28)40-32(39-30)46-3/h5-6,15-16,21,24H,7-14,17,19-20H2,1-4H3,(H,38,39,40)/t21-,48?/m0/s1. The fraction of sp³-hybridized carbons (Fsp3) is 0.545. The van der Waals surface area contributed by atoms with Gasteiger partial charge in [0.15, 0.2) is 0 Å². The van der Waals surface area contributed by atoms with E-state index in [-0.39, 0.29) is 23.0 Å². The number of anilines is 1. The van der Waals surface area contributed by atoms with Crippen molar-refractivity contribution < 1.29 is 22.1 Å². The zero-order valence-electron chi connectivity index (χ0n) is 27.6. The summed E-state index contributed by atoms with van der Waals surface area (Å²) in [5.74, 6) is 0.507. The van der Waals surface area contributed by atoms with Crippen LogP contribution >= 0.6 is 11.3 Å². The second kappa shape index (κ2) is 14.3. The molecule has 15 heteroatoms. The average Bonchev–Trinajstić information content (AvgIpc) is 3.63. The number of nitrogens with zero attached hydrogens (tertiary/aromatic N) is 7. The Balaban J connectivity index is 1.10. The minimum atomic E-state index is -4.29. The maximum Gasteiger partial charge on any atom is 0.393 e. The molecule has 0 radical (unpaired) electrons. The van der Waals surface area contributed by atoms with Crippen molar-refractivity contribution in [2.24, 2.45) is 0 Å². The van der Waals surface area contributed by atoms with Gasteiger partial charge in [0, 0.05) is 86.5 Å². The van der Waals surface area contributed by atoms with Crippen molar-refractivity contribution in [3.63, 3.8) is 0 Å². The number of piperidine rings is 1. The zero-order chi connectivity index (χ0) is 34.2. The maximum atomic E-state index is 13.1. The summed E-state index contributed by atoms with van der Waals surface area (Å²) >= 11 is 1.02. The number of thiophene rings is 1. The van der Waals surface area contributed by atoms with Gasteiger partial charge < -0.3 is 14.6 Å². The summed E-state index contributed by atoms with van der Waals surface area (Å²) in [6.07, 6.45) is -1.86. The van der Waals surface area contributed by atoms with Crippen molar-refractivity contribution in [3.8, 4) is 12.1 Å². The molecule has 2 atom stereocenters. The van der Waals surface area contributed by atoms with Crippen molar-refractivity contribution in [1.82, 2.24) is 28.6 Å². The first kappa shape index (κ1) is 34.6. The van der Waals surface area contributed by atoms with Crippen LogP contribution in [-0.2, 0) is 30.5 Å². The lowest BCUT2D eigenvalue weighted by molar-refractivity contribution is -0.126. The van der Waals surface area contributed by atoms with E-state index in [1.165, 1.54) is 24.3 Å². The van der Waals surface area contributed by atoms with Crippen LogP contribution in [0.25, 0.3) is 21.1 Å². The smallest absolute Gasteiger partial charge is 0.393 e. The molecule has 258 valence electrons. The van der Waals surface area contributed by atoms with Gasteiger partial charge in [-0.25, -0.2) is 8.51 Å². The molecule has 3 aromatic heterocycles. The number of ether oxygens (including phenoxy) is 1. The molecule has 1 aromatic carbocycles. The Bertz CT molecular complexity index is 1840. The highest BCUT2D eigenvalue weighted by molar-refractivity contribution is 7.81. The molecule has 10 nitrogen and oxygen atoms in total. The monoisotopic (exact) mass is 702 g/mol. The number of likely N-dealkylation sites (tertiary alicyclic amines) is 1. The normalized spacial score (nSPS) is 18.7. The molecular weight excluding hydrogens is 662 g/mol. The van der Waals surface area contributed by atoms with E-state index in [1.807, 2.05) is 10.4 Å². The van der Waals surface area contributed by atoms with E-state index in [2.05, 4.69) is 61.7 Å². The van der Waals surface area contributed by atoms with Gasteiger partial charge in [0.05, 0.1) is 29.9 Å². The SMILES string of the molecule is COc1nc(NC2CCN(Cc3ccc4c(cc(C#N)n4C[C@H](C)N4CCN(S(C)=O)CC4)c3C)CC2)c2cc(CC(F)(F)F)sc2n1. The minimum absolute atomic E-state index is 0.111. The summed E-state index contributed by atoms with van der Waals surface area (Å²) in [4.78, 5) is 14.2. The average molecular weight is 703 g/mol. The highest BCUT2D eigenvalue weighted by atomic mass is 32.2. The number of hydrogen-bond acceptors (Lipinski definition) is 9. The molecule has 1 N–H and O–H groups in total. The van der Waals surface area contributed by atoms with Crippen LogP contribution in [0.1, 0.15) is 41.5 Å². The van der Waals surface area contributed by atoms with Gasteiger partial charge in [0.1, 0.15) is 22.4 Å². The van der Waals surface area contributed by atoms with Crippen LogP contribution in [0.5, 0.6) is 6.01 Å². The van der Waals surface area contributed by atoms with E-state index in [0.29, 0.717) is 28.3 Å². The quantitative estimate of drug-likeness (QED) is 0.237. The van der Waals surface area contributed by atoms with E-state index >= 15 is 0 Å². The molecule has 2 saturated heterocycles. The first-order chi connectivity index (χ1) is 22.9. The van der Waals surface area contributed by atoms with Crippen LogP contribution in [-0.4, -0.2) is 104 Å². The van der Waals surface area contributed by atoms with Crippen LogP contribution in [0, 0.1) is 18.3 Å². The number of hydrogen-bond donors (Lipinski definition) is 1. The van der Waals surface area contributed by atoms with Crippen molar-refractivity contribution >= 4 is 49.3 Å². The summed E-state index contributed by atoms with van der Waals surface area (Å²) < 4.78 is 60.4. The molecule has 0 saturated carbocycles. The zero-order valence-corrected chi connectivity index (χ0v) is 29.3. The van der Waals surface area contributed by atoms with Crippen molar-refractivity contribution in [2.45, 2.75) is 64.5 Å². The molecule has 0 spiro atoms. The third-order valence-corrected chi connectivity index (χ3v) is 11.7. The Morgan fingerprint density at radius 1 is 1.12 bits per heavy atom. The van der Waals surface area contributed by atoms with Gasteiger partial charge in [-0.05, 0) is 56.0 Å². The molecule has 0 aliphatic carbocycles. The lowest BCUT2D eigenvalue weighted by Gasteiger charge is -2.37. The predicted octanol–water partition coefficient (Wildman–Crippen LogP) is 5.32. The molecule has 0 amide bonds. The highest BCUT2D eigenvalue weighted by Gasteiger charge is 2.30. The number of nitriles is 1. The van der Waals surface area contributed by atoms with Gasteiger partial charge in [-0.1, -0.05) is 6.07 Å². The van der Waals surface area contributed by atoms with E-state index in [9.17, 15) is 22.6 Å². The van der Waals surface area contributed by atoms with Gasteiger partial charge in [-0.15, -0.1) is 11.3 Å². The molecule has 2 aliphatic heterocycles. The number of aromatic nitrogens is 3. The van der Waals surface area contributed by atoms with Crippen LogP contribution < -0.4 is 10.1 Å². The Kier molecular flexibility index (Phi) is 10.3. The van der Waals surface area contributed by atoms with Gasteiger partial charge in [-0.3, -0.25) is 9.80 Å². The lowest BCUT2D eigenvalue weighted by Crippen LogP contribution is -2.50. The predicted molar refractivity (Wildman–Crippen MR) is 184 cm³/mol. The van der Waals surface area contributed by atoms with Crippen molar-refractivity contribution in [2.75, 3.05) is 58.0 Å².